The van der Waals surface area contributed by atoms with E-state index < -0.39 is 16.8 Å². The maximum Gasteiger partial charge on any atom is 0.158 e. The Labute approximate surface area is 153 Å². The molecule has 140 valence electrons. The van der Waals surface area contributed by atoms with Crippen LogP contribution in [-0.4, -0.2) is 45.8 Å². The lowest BCUT2D eigenvalue weighted by Crippen LogP contribution is -2.71. The van der Waals surface area contributed by atoms with Crippen molar-refractivity contribution in [2.24, 2.45) is 11.8 Å². The van der Waals surface area contributed by atoms with Crippen molar-refractivity contribution >= 4 is 0 Å². The van der Waals surface area contributed by atoms with Gasteiger partial charge in [-0.1, -0.05) is 13.8 Å². The first-order valence-electron chi connectivity index (χ1n) is 10.2. The van der Waals surface area contributed by atoms with E-state index in [9.17, 15) is 5.11 Å². The van der Waals surface area contributed by atoms with Crippen LogP contribution in [0.15, 0.2) is 10.7 Å². The molecule has 6 aliphatic rings. The van der Waals surface area contributed by atoms with E-state index in [1.54, 1.807) is 0 Å². The highest BCUT2D eigenvalue weighted by Crippen LogP contribution is 2.82. The Morgan fingerprint density at radius 1 is 1.19 bits per heavy atom. The van der Waals surface area contributed by atoms with Gasteiger partial charge in [-0.05, 0) is 56.1 Å². The molecule has 3 aliphatic carbocycles. The largest absolute Gasteiger partial charge is 0.469 e. The van der Waals surface area contributed by atoms with Crippen LogP contribution in [0.2, 0.25) is 0 Å². The van der Waals surface area contributed by atoms with Crippen molar-refractivity contribution in [1.29, 1.82) is 0 Å². The van der Waals surface area contributed by atoms with Gasteiger partial charge in [0.2, 0.25) is 0 Å². The quantitative estimate of drug-likeness (QED) is 0.781. The third kappa shape index (κ3) is 1.15. The standard InChI is InChI=1S/C21H26O5/c1-9(2)19-16(25-19)17-20(26-17)14-6-5-11-10(3)23-8-13(11)12(14)7-15-21(20,24-15)18(19,4)22/h8-9,12,14-17,22H,5-7H2,1-4H3/t12-,14-,15-,16-,17-,18+,19-,20-,21+/m0/s1. The number of fused-ring (bicyclic) bond motifs is 5. The Kier molecular flexibility index (Phi) is 2.22. The average Bonchev–Trinajstić information content (AvgIpc) is 3.45. The third-order valence-electron chi connectivity index (χ3n) is 9.04. The Bertz CT molecular complexity index is 857. The second-order valence-corrected chi connectivity index (χ2v) is 9.95. The summed E-state index contributed by atoms with van der Waals surface area (Å²) in [7, 11) is 0. The van der Waals surface area contributed by atoms with Crippen LogP contribution in [0.4, 0.5) is 0 Å². The first kappa shape index (κ1) is 15.1. The van der Waals surface area contributed by atoms with Crippen LogP contribution >= 0.6 is 0 Å². The molecule has 0 amide bonds. The zero-order valence-electron chi connectivity index (χ0n) is 15.7. The molecule has 3 aliphatic heterocycles. The lowest BCUT2D eigenvalue weighted by atomic mass is 9.50. The minimum absolute atomic E-state index is 0.000734. The van der Waals surface area contributed by atoms with Gasteiger partial charge < -0.3 is 23.7 Å². The second kappa shape index (κ2) is 3.82. The van der Waals surface area contributed by atoms with Gasteiger partial charge in [0.05, 0.1) is 12.4 Å². The van der Waals surface area contributed by atoms with Crippen LogP contribution < -0.4 is 0 Å². The van der Waals surface area contributed by atoms with E-state index in [0.717, 1.165) is 25.0 Å². The number of furan rings is 1. The van der Waals surface area contributed by atoms with Crippen molar-refractivity contribution in [2.75, 3.05) is 0 Å². The van der Waals surface area contributed by atoms with E-state index in [-0.39, 0.29) is 29.8 Å². The van der Waals surface area contributed by atoms with Gasteiger partial charge in [0.1, 0.15) is 34.8 Å². The van der Waals surface area contributed by atoms with E-state index in [2.05, 4.69) is 20.8 Å². The van der Waals surface area contributed by atoms with Crippen molar-refractivity contribution in [1.82, 2.24) is 0 Å². The van der Waals surface area contributed by atoms with Crippen LogP contribution in [0.3, 0.4) is 0 Å². The fourth-order valence-corrected chi connectivity index (χ4v) is 7.95. The van der Waals surface area contributed by atoms with Crippen LogP contribution in [-0.2, 0) is 20.6 Å². The van der Waals surface area contributed by atoms with Crippen LogP contribution in [0, 0.1) is 18.8 Å². The number of ether oxygens (including phenoxy) is 3. The normalized spacial score (nSPS) is 60.2. The van der Waals surface area contributed by atoms with E-state index in [4.69, 9.17) is 18.6 Å². The molecule has 4 heterocycles. The summed E-state index contributed by atoms with van der Waals surface area (Å²) in [6, 6.07) is 0. The maximum absolute atomic E-state index is 11.8. The summed E-state index contributed by atoms with van der Waals surface area (Å²) < 4.78 is 25.0. The van der Waals surface area contributed by atoms with Crippen LogP contribution in [0.25, 0.3) is 0 Å². The third-order valence-corrected chi connectivity index (χ3v) is 9.04. The summed E-state index contributed by atoms with van der Waals surface area (Å²) in [4.78, 5) is 0. The lowest BCUT2D eigenvalue weighted by Gasteiger charge is -2.50. The molecule has 0 bridgehead atoms. The fraction of sp³-hybridized carbons (Fsp3) is 0.810. The average molecular weight is 358 g/mol. The molecule has 2 spiro atoms. The molecule has 0 radical (unpaired) electrons. The highest BCUT2D eigenvalue weighted by atomic mass is 16.7. The van der Waals surface area contributed by atoms with Gasteiger partial charge >= 0.3 is 0 Å². The number of epoxide rings is 3. The molecule has 0 unspecified atom stereocenters. The molecule has 1 aromatic rings. The number of aliphatic hydroxyl groups is 1. The lowest BCUT2D eigenvalue weighted by molar-refractivity contribution is -0.138. The van der Waals surface area contributed by atoms with E-state index >= 15 is 0 Å². The molecule has 2 saturated carbocycles. The molecular formula is C21H26O5. The first-order chi connectivity index (χ1) is 12.3. The zero-order chi connectivity index (χ0) is 17.9. The Morgan fingerprint density at radius 3 is 2.77 bits per heavy atom. The minimum Gasteiger partial charge on any atom is -0.469 e. The monoisotopic (exact) mass is 358 g/mol. The minimum atomic E-state index is -1.02. The van der Waals surface area contributed by atoms with Gasteiger partial charge in [0, 0.05) is 5.92 Å². The van der Waals surface area contributed by atoms with Crippen molar-refractivity contribution in [3.05, 3.63) is 23.2 Å². The molecule has 5 heteroatoms. The molecule has 5 fully saturated rings. The Balaban J connectivity index is 1.39. The summed E-state index contributed by atoms with van der Waals surface area (Å²) in [5, 5.41) is 11.8. The molecule has 3 saturated heterocycles. The highest BCUT2D eigenvalue weighted by molar-refractivity contribution is 5.51. The number of rotatable bonds is 1. The van der Waals surface area contributed by atoms with E-state index in [1.807, 2.05) is 13.2 Å². The van der Waals surface area contributed by atoms with Crippen molar-refractivity contribution < 1.29 is 23.7 Å². The summed E-state index contributed by atoms with van der Waals surface area (Å²) >= 11 is 0. The maximum atomic E-state index is 11.8. The van der Waals surface area contributed by atoms with Gasteiger partial charge in [-0.25, -0.2) is 0 Å². The fourth-order valence-electron chi connectivity index (χ4n) is 7.95. The summed E-state index contributed by atoms with van der Waals surface area (Å²) in [5.74, 6) is 2.06. The zero-order valence-corrected chi connectivity index (χ0v) is 15.7. The van der Waals surface area contributed by atoms with E-state index in [1.165, 1.54) is 11.1 Å². The summed E-state index contributed by atoms with van der Waals surface area (Å²) in [6.45, 7) is 8.30. The molecule has 26 heavy (non-hydrogen) atoms. The molecule has 9 atom stereocenters. The second-order valence-electron chi connectivity index (χ2n) is 9.95. The van der Waals surface area contributed by atoms with Gasteiger partial charge in [0.25, 0.3) is 0 Å². The molecule has 5 nitrogen and oxygen atoms in total. The van der Waals surface area contributed by atoms with Crippen molar-refractivity contribution in [3.63, 3.8) is 0 Å². The first-order valence-corrected chi connectivity index (χ1v) is 10.2. The summed E-state index contributed by atoms with van der Waals surface area (Å²) in [6.07, 6.45) is 5.12. The number of hydrogen-bond donors (Lipinski definition) is 1. The molecule has 1 N–H and O–H groups in total. The molecule has 1 aromatic heterocycles. The van der Waals surface area contributed by atoms with E-state index in [0.29, 0.717) is 11.8 Å². The summed E-state index contributed by atoms with van der Waals surface area (Å²) in [5.41, 5.74) is 0.212. The van der Waals surface area contributed by atoms with Crippen molar-refractivity contribution in [2.45, 2.75) is 93.6 Å². The SMILES string of the molecule is Cc1occ2c1CC[C@H]1[C@H]2C[C@@H]2O[C@]23[C@]12O[C@H]2[C@@H]1O[C@]1(C(C)C)[C@@]3(C)O. The van der Waals surface area contributed by atoms with Gasteiger partial charge in [0.15, 0.2) is 5.60 Å². The number of aryl methyl sites for hydroxylation is 1. The predicted molar refractivity (Wildman–Crippen MR) is 90.9 cm³/mol. The predicted octanol–water partition coefficient (Wildman–Crippen LogP) is 2.47. The number of hydrogen-bond acceptors (Lipinski definition) is 5. The Hall–Kier alpha value is -0.880. The van der Waals surface area contributed by atoms with Crippen molar-refractivity contribution in [3.8, 4) is 0 Å². The topological polar surface area (TPSA) is 71.0 Å². The highest BCUT2D eigenvalue weighted by Gasteiger charge is 3.01. The van der Waals surface area contributed by atoms with Crippen LogP contribution in [0.1, 0.15) is 56.4 Å². The van der Waals surface area contributed by atoms with Crippen LogP contribution in [0.5, 0.6) is 0 Å². The Morgan fingerprint density at radius 2 is 2.00 bits per heavy atom. The van der Waals surface area contributed by atoms with Gasteiger partial charge in [-0.3, -0.25) is 0 Å². The van der Waals surface area contributed by atoms with Gasteiger partial charge in [-0.15, -0.1) is 0 Å². The molecular weight excluding hydrogens is 332 g/mol. The smallest absolute Gasteiger partial charge is 0.158 e. The van der Waals surface area contributed by atoms with Gasteiger partial charge in [-0.2, -0.15) is 0 Å². The molecule has 7 rings (SSSR count). The molecule has 0 aromatic carbocycles.